The fourth-order valence-corrected chi connectivity index (χ4v) is 2.02. The minimum absolute atomic E-state index is 0.00973. The normalized spacial score (nSPS) is 22.1. The van der Waals surface area contributed by atoms with Crippen molar-refractivity contribution in [2.45, 2.75) is 18.4 Å². The summed E-state index contributed by atoms with van der Waals surface area (Å²) in [5.74, 6) is -1.40. The van der Waals surface area contributed by atoms with Gasteiger partial charge in [0.25, 0.3) is 0 Å². The van der Waals surface area contributed by atoms with E-state index in [1.807, 2.05) is 0 Å². The van der Waals surface area contributed by atoms with Gasteiger partial charge in [-0.2, -0.15) is 0 Å². The summed E-state index contributed by atoms with van der Waals surface area (Å²) < 4.78 is 5.08. The molecular weight excluding hydrogens is 248 g/mol. The number of nitrogens with one attached hydrogen (secondary N) is 1. The van der Waals surface area contributed by atoms with Crippen LogP contribution in [0.1, 0.15) is 12.0 Å². The van der Waals surface area contributed by atoms with Gasteiger partial charge in [0.2, 0.25) is 5.91 Å². The van der Waals surface area contributed by atoms with Gasteiger partial charge in [0.1, 0.15) is 0 Å². The number of carbonyl (C=O) groups excluding carboxylic acids is 1. The third-order valence-electron chi connectivity index (χ3n) is 3.15. The standard InChI is InChI=1S/C13H16N2O4/c14-10-3-1-9(2-4-10)7-11(16)15-13(12(17)18)5-6-19-8-13/h1-4H,5-8,14H2,(H,15,16)(H,17,18). The summed E-state index contributed by atoms with van der Waals surface area (Å²) in [5.41, 5.74) is 5.67. The van der Waals surface area contributed by atoms with Gasteiger partial charge >= 0.3 is 5.97 Å². The maximum absolute atomic E-state index is 11.9. The predicted octanol–water partition coefficient (Wildman–Crippen LogP) is 0.171. The van der Waals surface area contributed by atoms with Crippen LogP contribution in [0.3, 0.4) is 0 Å². The van der Waals surface area contributed by atoms with Gasteiger partial charge in [0, 0.05) is 18.7 Å². The maximum atomic E-state index is 11.9. The van der Waals surface area contributed by atoms with Crippen molar-refractivity contribution in [1.29, 1.82) is 0 Å². The average molecular weight is 264 g/mol. The Hall–Kier alpha value is -2.08. The first-order valence-corrected chi connectivity index (χ1v) is 5.98. The lowest BCUT2D eigenvalue weighted by Crippen LogP contribution is -2.55. The summed E-state index contributed by atoms with van der Waals surface area (Å²) in [5, 5.41) is 11.8. The molecule has 1 unspecified atom stereocenters. The van der Waals surface area contributed by atoms with Crippen molar-refractivity contribution >= 4 is 17.6 Å². The van der Waals surface area contributed by atoms with Crippen molar-refractivity contribution in [1.82, 2.24) is 5.32 Å². The monoisotopic (exact) mass is 264 g/mol. The summed E-state index contributed by atoms with van der Waals surface area (Å²) in [4.78, 5) is 23.1. The number of benzene rings is 1. The average Bonchev–Trinajstić information content (AvgIpc) is 2.82. The Kier molecular flexibility index (Phi) is 3.71. The number of carbonyl (C=O) groups is 2. The van der Waals surface area contributed by atoms with E-state index in [9.17, 15) is 14.7 Å². The molecule has 6 heteroatoms. The first kappa shape index (κ1) is 13.4. The SMILES string of the molecule is Nc1ccc(CC(=O)NC2(C(=O)O)CCOC2)cc1. The van der Waals surface area contributed by atoms with Crippen LogP contribution in [0.2, 0.25) is 0 Å². The van der Waals surface area contributed by atoms with E-state index in [0.717, 1.165) is 5.56 Å². The third-order valence-corrected chi connectivity index (χ3v) is 3.15. The molecule has 19 heavy (non-hydrogen) atoms. The molecule has 1 fully saturated rings. The van der Waals surface area contributed by atoms with Crippen LogP contribution in [0.25, 0.3) is 0 Å². The molecule has 102 valence electrons. The Morgan fingerprint density at radius 2 is 2.05 bits per heavy atom. The second kappa shape index (κ2) is 5.27. The van der Waals surface area contributed by atoms with Crippen molar-refractivity contribution in [3.05, 3.63) is 29.8 Å². The number of carboxylic acid groups (broad SMARTS) is 1. The highest BCUT2D eigenvalue weighted by atomic mass is 16.5. The van der Waals surface area contributed by atoms with Crippen LogP contribution >= 0.6 is 0 Å². The van der Waals surface area contributed by atoms with Crippen LogP contribution in [0, 0.1) is 0 Å². The number of ether oxygens (including phenoxy) is 1. The van der Waals surface area contributed by atoms with E-state index in [4.69, 9.17) is 10.5 Å². The second-order valence-corrected chi connectivity index (χ2v) is 4.66. The number of carboxylic acids is 1. The Morgan fingerprint density at radius 1 is 1.37 bits per heavy atom. The number of rotatable bonds is 4. The van der Waals surface area contributed by atoms with E-state index in [0.29, 0.717) is 12.3 Å². The topological polar surface area (TPSA) is 102 Å². The summed E-state index contributed by atoms with van der Waals surface area (Å²) in [6, 6.07) is 6.89. The molecule has 1 saturated heterocycles. The van der Waals surface area contributed by atoms with E-state index >= 15 is 0 Å². The van der Waals surface area contributed by atoms with Gasteiger partial charge in [-0.1, -0.05) is 12.1 Å². The van der Waals surface area contributed by atoms with Crippen LogP contribution < -0.4 is 11.1 Å². The molecule has 0 saturated carbocycles. The molecule has 0 radical (unpaired) electrons. The van der Waals surface area contributed by atoms with Crippen molar-refractivity contribution in [2.75, 3.05) is 18.9 Å². The minimum Gasteiger partial charge on any atom is -0.479 e. The summed E-state index contributed by atoms with van der Waals surface area (Å²) in [6.07, 6.45) is 0.408. The van der Waals surface area contributed by atoms with Crippen molar-refractivity contribution in [2.24, 2.45) is 0 Å². The van der Waals surface area contributed by atoms with E-state index in [1.165, 1.54) is 0 Å². The molecule has 4 N–H and O–H groups in total. The number of amides is 1. The number of hydrogen-bond acceptors (Lipinski definition) is 4. The highest BCUT2D eigenvalue weighted by Gasteiger charge is 2.43. The van der Waals surface area contributed by atoms with E-state index < -0.39 is 11.5 Å². The molecular formula is C13H16N2O4. The highest BCUT2D eigenvalue weighted by Crippen LogP contribution is 2.19. The zero-order valence-electron chi connectivity index (χ0n) is 10.4. The summed E-state index contributed by atoms with van der Waals surface area (Å²) in [6.45, 7) is 0.351. The van der Waals surface area contributed by atoms with Gasteiger partial charge in [-0.25, -0.2) is 4.79 Å². The van der Waals surface area contributed by atoms with Crippen LogP contribution in [-0.2, 0) is 20.7 Å². The minimum atomic E-state index is -1.29. The fourth-order valence-electron chi connectivity index (χ4n) is 2.02. The van der Waals surface area contributed by atoms with Gasteiger partial charge < -0.3 is 20.9 Å². The van der Waals surface area contributed by atoms with Gasteiger partial charge in [-0.3, -0.25) is 4.79 Å². The molecule has 0 bridgehead atoms. The lowest BCUT2D eigenvalue weighted by Gasteiger charge is -2.23. The van der Waals surface area contributed by atoms with Crippen LogP contribution in [-0.4, -0.2) is 35.7 Å². The molecule has 2 rings (SSSR count). The molecule has 0 aromatic heterocycles. The highest BCUT2D eigenvalue weighted by molar-refractivity contribution is 5.88. The first-order chi connectivity index (χ1) is 9.02. The Bertz CT molecular complexity index is 478. The Morgan fingerprint density at radius 3 is 2.58 bits per heavy atom. The quantitative estimate of drug-likeness (QED) is 0.673. The lowest BCUT2D eigenvalue weighted by atomic mass is 9.98. The van der Waals surface area contributed by atoms with Crippen LogP contribution in [0.5, 0.6) is 0 Å². The number of hydrogen-bond donors (Lipinski definition) is 3. The van der Waals surface area contributed by atoms with Gasteiger partial charge in [0.05, 0.1) is 13.0 Å². The molecule has 1 amide bonds. The smallest absolute Gasteiger partial charge is 0.331 e. The van der Waals surface area contributed by atoms with Crippen LogP contribution in [0.4, 0.5) is 5.69 Å². The van der Waals surface area contributed by atoms with Crippen molar-refractivity contribution < 1.29 is 19.4 Å². The number of nitrogens with two attached hydrogens (primary N) is 1. The zero-order chi connectivity index (χ0) is 13.9. The maximum Gasteiger partial charge on any atom is 0.331 e. The first-order valence-electron chi connectivity index (χ1n) is 5.98. The number of nitrogen functional groups attached to an aromatic ring is 1. The van der Waals surface area contributed by atoms with Gasteiger partial charge in [-0.05, 0) is 17.7 Å². The van der Waals surface area contributed by atoms with Gasteiger partial charge in [0.15, 0.2) is 5.54 Å². The van der Waals surface area contributed by atoms with Crippen molar-refractivity contribution in [3.8, 4) is 0 Å². The fraction of sp³-hybridized carbons (Fsp3) is 0.385. The Labute approximate surface area is 110 Å². The van der Waals surface area contributed by atoms with E-state index in [2.05, 4.69) is 5.32 Å². The molecule has 1 aromatic carbocycles. The molecule has 1 aliphatic heterocycles. The van der Waals surface area contributed by atoms with E-state index in [-0.39, 0.29) is 25.4 Å². The molecule has 1 atom stereocenters. The molecule has 1 aliphatic rings. The Balaban J connectivity index is 2.00. The van der Waals surface area contributed by atoms with Gasteiger partial charge in [-0.15, -0.1) is 0 Å². The molecule has 6 nitrogen and oxygen atoms in total. The predicted molar refractivity (Wildman–Crippen MR) is 68.5 cm³/mol. The molecule has 0 aliphatic carbocycles. The molecule has 0 spiro atoms. The largest absolute Gasteiger partial charge is 0.479 e. The summed E-state index contributed by atoms with van der Waals surface area (Å²) in [7, 11) is 0. The number of aliphatic carboxylic acids is 1. The lowest BCUT2D eigenvalue weighted by molar-refractivity contribution is -0.147. The van der Waals surface area contributed by atoms with Crippen molar-refractivity contribution in [3.63, 3.8) is 0 Å². The van der Waals surface area contributed by atoms with E-state index in [1.54, 1.807) is 24.3 Å². The zero-order valence-corrected chi connectivity index (χ0v) is 10.4. The summed E-state index contributed by atoms with van der Waals surface area (Å²) >= 11 is 0. The number of anilines is 1. The third kappa shape index (κ3) is 3.03. The second-order valence-electron chi connectivity index (χ2n) is 4.66. The molecule has 1 aromatic rings. The van der Waals surface area contributed by atoms with Crippen LogP contribution in [0.15, 0.2) is 24.3 Å². The molecule has 1 heterocycles.